The molecule has 0 spiro atoms. The Morgan fingerprint density at radius 2 is 1.12 bits per heavy atom. The molecule has 0 radical (unpaired) electrons. The zero-order valence-electron chi connectivity index (χ0n) is 7.41. The first-order valence-electron chi connectivity index (χ1n) is 3.61. The van der Waals surface area contributed by atoms with Crippen LogP contribution in [0, 0.1) is 5.92 Å². The van der Waals surface area contributed by atoms with Crippen LogP contribution in [-0.4, -0.2) is 35.5 Å². The molecule has 1 atom stereocenters. The number of hydrogen-bond donors (Lipinski definition) is 1. The van der Waals surface area contributed by atoms with E-state index in [9.17, 15) is 44.3 Å². The van der Waals surface area contributed by atoms with E-state index in [0.717, 1.165) is 0 Å². The number of carbonyl (C=O) groups excluding carboxylic acids is 1. The molecule has 0 rings (SSSR count). The van der Waals surface area contributed by atoms with Gasteiger partial charge in [0.2, 0.25) is 0 Å². The molecule has 0 saturated heterocycles. The van der Waals surface area contributed by atoms with E-state index in [-0.39, 0.29) is 0 Å². The van der Waals surface area contributed by atoms with E-state index >= 15 is 0 Å². The van der Waals surface area contributed by atoms with Crippen molar-refractivity contribution in [3.05, 3.63) is 0 Å². The molecule has 1 unspecified atom stereocenters. The maximum Gasteiger partial charge on any atom is 0.452 e. The number of halogens is 9. The average molecular weight is 278 g/mol. The molecule has 2 nitrogen and oxygen atoms in total. The summed E-state index contributed by atoms with van der Waals surface area (Å²) in [7, 11) is 0. The lowest BCUT2D eigenvalue weighted by Gasteiger charge is -2.26. The van der Waals surface area contributed by atoms with Crippen molar-refractivity contribution in [2.45, 2.75) is 24.6 Å². The van der Waals surface area contributed by atoms with Crippen LogP contribution in [0.3, 0.4) is 0 Å². The Kier molecular flexibility index (Phi) is 4.09. The third-order valence-electron chi connectivity index (χ3n) is 1.57. The molecule has 0 aromatic heterocycles. The van der Waals surface area contributed by atoms with Crippen LogP contribution in [-0.2, 0) is 4.79 Å². The fraction of sp³-hybridized carbons (Fsp3) is 0.833. The summed E-state index contributed by atoms with van der Waals surface area (Å²) in [5, 5.41) is 8.27. The van der Waals surface area contributed by atoms with Gasteiger partial charge < -0.3 is 5.11 Å². The highest BCUT2D eigenvalue weighted by molar-refractivity contribution is 5.88. The van der Waals surface area contributed by atoms with Crippen molar-refractivity contribution < 1.29 is 49.4 Å². The summed E-state index contributed by atoms with van der Waals surface area (Å²) in [6.45, 7) is 0. The minimum Gasteiger partial charge on any atom is -0.384 e. The predicted octanol–water partition coefficient (Wildman–Crippen LogP) is 2.22. The maximum absolute atomic E-state index is 11.8. The lowest BCUT2D eigenvalue weighted by Crippen LogP contribution is -2.51. The van der Waals surface area contributed by atoms with Crippen LogP contribution in [0.2, 0.25) is 0 Å². The Hall–Kier alpha value is -1.00. The van der Waals surface area contributed by atoms with E-state index in [2.05, 4.69) is 0 Å². The molecule has 0 amide bonds. The Labute approximate surface area is 87.0 Å². The number of rotatable bonds is 2. The molecular formula is C6H3F9O2. The zero-order valence-corrected chi connectivity index (χ0v) is 7.41. The molecule has 11 heteroatoms. The van der Waals surface area contributed by atoms with Gasteiger partial charge in [-0.3, -0.25) is 4.79 Å². The summed E-state index contributed by atoms with van der Waals surface area (Å²) in [6.07, 6.45) is -22.7. The monoisotopic (exact) mass is 278 g/mol. The molecule has 0 bridgehead atoms. The van der Waals surface area contributed by atoms with Gasteiger partial charge in [0.25, 0.3) is 5.78 Å². The smallest absolute Gasteiger partial charge is 0.384 e. The van der Waals surface area contributed by atoms with Crippen molar-refractivity contribution in [1.82, 2.24) is 0 Å². The van der Waals surface area contributed by atoms with Crippen LogP contribution in [0.5, 0.6) is 0 Å². The quantitative estimate of drug-likeness (QED) is 0.786. The predicted molar refractivity (Wildman–Crippen MR) is 32.7 cm³/mol. The van der Waals surface area contributed by atoms with Crippen LogP contribution in [0.1, 0.15) is 0 Å². The van der Waals surface area contributed by atoms with Gasteiger partial charge in [0.15, 0.2) is 5.92 Å². The van der Waals surface area contributed by atoms with Crippen LogP contribution in [0.4, 0.5) is 39.5 Å². The molecule has 0 aliphatic rings. The van der Waals surface area contributed by atoms with Crippen molar-refractivity contribution in [2.24, 2.45) is 5.92 Å². The molecule has 0 aliphatic carbocycles. The van der Waals surface area contributed by atoms with Gasteiger partial charge in [-0.1, -0.05) is 0 Å². The largest absolute Gasteiger partial charge is 0.452 e. The molecule has 0 aromatic rings. The lowest BCUT2D eigenvalue weighted by molar-refractivity contribution is -0.305. The standard InChI is InChI=1S/C6H3F9O2/c7-4(8,9)2(5(10,11)12)1(16)3(17)6(13,14)15/h1-2,16H. The van der Waals surface area contributed by atoms with Gasteiger partial charge >= 0.3 is 18.5 Å². The maximum atomic E-state index is 11.8. The minimum atomic E-state index is -6.22. The van der Waals surface area contributed by atoms with Gasteiger partial charge in [0.05, 0.1) is 0 Å². The fourth-order valence-corrected chi connectivity index (χ4v) is 0.863. The first kappa shape index (κ1) is 16.0. The number of Topliss-reactive ketones (excluding diaryl/α,β-unsaturated/α-hetero) is 1. The molecular weight excluding hydrogens is 275 g/mol. The number of aliphatic hydroxyl groups excluding tert-OH is 1. The first-order valence-corrected chi connectivity index (χ1v) is 3.61. The lowest BCUT2D eigenvalue weighted by atomic mass is 9.97. The fourth-order valence-electron chi connectivity index (χ4n) is 0.863. The minimum absolute atomic E-state index is 3.50. The van der Waals surface area contributed by atoms with E-state index in [4.69, 9.17) is 5.11 Å². The molecule has 0 aliphatic heterocycles. The Bertz CT molecular complexity index is 271. The van der Waals surface area contributed by atoms with E-state index in [1.165, 1.54) is 0 Å². The number of aliphatic hydroxyl groups is 1. The van der Waals surface area contributed by atoms with Crippen LogP contribution in [0.15, 0.2) is 0 Å². The van der Waals surface area contributed by atoms with Crippen molar-refractivity contribution in [1.29, 1.82) is 0 Å². The molecule has 0 heterocycles. The summed E-state index contributed by atoms with van der Waals surface area (Å²) in [5.41, 5.74) is 0. The van der Waals surface area contributed by atoms with Crippen LogP contribution in [0.25, 0.3) is 0 Å². The second kappa shape index (κ2) is 4.35. The highest BCUT2D eigenvalue weighted by atomic mass is 19.4. The third kappa shape index (κ3) is 4.06. The second-order valence-electron chi connectivity index (χ2n) is 2.87. The summed E-state index contributed by atoms with van der Waals surface area (Å²) in [4.78, 5) is 10.1. The van der Waals surface area contributed by atoms with Crippen molar-refractivity contribution in [2.75, 3.05) is 0 Å². The molecule has 0 saturated carbocycles. The molecule has 0 fully saturated rings. The number of ketones is 1. The summed E-state index contributed by atoms with van der Waals surface area (Å²) < 4.78 is 106. The highest BCUT2D eigenvalue weighted by Gasteiger charge is 2.64. The van der Waals surface area contributed by atoms with E-state index in [1.54, 1.807) is 0 Å². The second-order valence-corrected chi connectivity index (χ2v) is 2.87. The van der Waals surface area contributed by atoms with Gasteiger partial charge in [0, 0.05) is 0 Å². The van der Waals surface area contributed by atoms with Gasteiger partial charge in [-0.15, -0.1) is 0 Å². The number of carbonyl (C=O) groups is 1. The van der Waals surface area contributed by atoms with Gasteiger partial charge in [-0.2, -0.15) is 39.5 Å². The van der Waals surface area contributed by atoms with Crippen LogP contribution >= 0.6 is 0 Å². The molecule has 1 N–H and O–H groups in total. The zero-order chi connectivity index (χ0) is 14.2. The van der Waals surface area contributed by atoms with Crippen molar-refractivity contribution in [3.8, 4) is 0 Å². The number of alkyl halides is 9. The first-order chi connectivity index (χ1) is 7.19. The average Bonchev–Trinajstić information content (AvgIpc) is 1.94. The van der Waals surface area contributed by atoms with Crippen LogP contribution < -0.4 is 0 Å². The summed E-state index contributed by atoms with van der Waals surface area (Å²) in [5.74, 6) is -8.28. The highest BCUT2D eigenvalue weighted by Crippen LogP contribution is 2.42. The number of hydrogen-bond acceptors (Lipinski definition) is 2. The van der Waals surface area contributed by atoms with E-state index in [0.29, 0.717) is 0 Å². The van der Waals surface area contributed by atoms with Crippen molar-refractivity contribution in [3.63, 3.8) is 0 Å². The summed E-state index contributed by atoms with van der Waals surface area (Å²) >= 11 is 0. The van der Waals surface area contributed by atoms with E-state index < -0.39 is 36.3 Å². The molecule has 0 aromatic carbocycles. The van der Waals surface area contributed by atoms with E-state index in [1.807, 2.05) is 0 Å². The van der Waals surface area contributed by atoms with Gasteiger partial charge in [0.1, 0.15) is 6.10 Å². The normalized spacial score (nSPS) is 16.2. The topological polar surface area (TPSA) is 37.3 Å². The Balaban J connectivity index is 5.32. The summed E-state index contributed by atoms with van der Waals surface area (Å²) in [6, 6.07) is 0. The van der Waals surface area contributed by atoms with Gasteiger partial charge in [-0.25, -0.2) is 0 Å². The molecule has 102 valence electrons. The Morgan fingerprint density at radius 1 is 0.824 bits per heavy atom. The van der Waals surface area contributed by atoms with Crippen molar-refractivity contribution >= 4 is 5.78 Å². The Morgan fingerprint density at radius 3 is 1.29 bits per heavy atom. The molecule has 17 heavy (non-hydrogen) atoms. The van der Waals surface area contributed by atoms with Gasteiger partial charge in [-0.05, 0) is 0 Å². The SMILES string of the molecule is O=C(C(O)C(C(F)(F)F)C(F)(F)F)C(F)(F)F. The third-order valence-corrected chi connectivity index (χ3v) is 1.57.